The van der Waals surface area contributed by atoms with Crippen molar-refractivity contribution in [3.8, 4) is 6.07 Å². The van der Waals surface area contributed by atoms with Crippen molar-refractivity contribution in [2.24, 2.45) is 5.41 Å². The van der Waals surface area contributed by atoms with E-state index in [1.54, 1.807) is 13.8 Å². The summed E-state index contributed by atoms with van der Waals surface area (Å²) in [4.78, 5) is 0. The van der Waals surface area contributed by atoms with Gasteiger partial charge in [-0.15, -0.1) is 0 Å². The molecule has 0 aromatic carbocycles. The molecule has 0 aromatic heterocycles. The van der Waals surface area contributed by atoms with Crippen LogP contribution in [0.3, 0.4) is 0 Å². The minimum Gasteiger partial charge on any atom is -0.389 e. The first-order chi connectivity index (χ1) is 6.27. The average molecular weight is 198 g/mol. The lowest BCUT2D eigenvalue weighted by Crippen LogP contribution is -2.39. The molecule has 3 nitrogen and oxygen atoms in total. The molecule has 0 bridgehead atoms. The molecule has 0 fully saturated rings. The molecule has 0 aromatic rings. The number of hydrogen-bond donors (Lipinski definition) is 2. The third kappa shape index (κ3) is 8.03. The lowest BCUT2D eigenvalue weighted by molar-refractivity contribution is 0.0765. The summed E-state index contributed by atoms with van der Waals surface area (Å²) in [5, 5.41) is 21.2. The molecule has 0 aliphatic carbocycles. The van der Waals surface area contributed by atoms with E-state index in [-0.39, 0.29) is 5.41 Å². The highest BCUT2D eigenvalue weighted by molar-refractivity contribution is 4.80. The summed E-state index contributed by atoms with van der Waals surface area (Å²) in [6, 6.07) is 2.15. The zero-order valence-electron chi connectivity index (χ0n) is 9.72. The van der Waals surface area contributed by atoms with Gasteiger partial charge in [0.25, 0.3) is 0 Å². The Hall–Kier alpha value is -0.590. The van der Waals surface area contributed by atoms with Crippen LogP contribution in [-0.2, 0) is 0 Å². The van der Waals surface area contributed by atoms with Crippen molar-refractivity contribution in [3.05, 3.63) is 0 Å². The highest BCUT2D eigenvalue weighted by atomic mass is 16.3. The van der Waals surface area contributed by atoms with Crippen molar-refractivity contribution in [2.45, 2.75) is 46.1 Å². The molecule has 0 saturated heterocycles. The maximum atomic E-state index is 9.48. The largest absolute Gasteiger partial charge is 0.389 e. The molecule has 3 heteroatoms. The predicted octanol–water partition coefficient (Wildman–Crippen LogP) is 1.68. The second kappa shape index (κ2) is 5.33. The quantitative estimate of drug-likeness (QED) is 0.682. The van der Waals surface area contributed by atoms with Gasteiger partial charge in [0.15, 0.2) is 0 Å². The number of hydrogen-bond acceptors (Lipinski definition) is 3. The van der Waals surface area contributed by atoms with Crippen LogP contribution < -0.4 is 5.32 Å². The summed E-state index contributed by atoms with van der Waals surface area (Å²) in [6.45, 7) is 9.23. The molecule has 0 aliphatic heterocycles. The average Bonchev–Trinajstić information content (AvgIpc) is 1.98. The summed E-state index contributed by atoms with van der Waals surface area (Å²) in [6.07, 6.45) is 1.49. The molecule has 0 spiro atoms. The highest BCUT2D eigenvalue weighted by Crippen LogP contribution is 2.20. The standard InChI is InChI=1S/C11H22N2O/c1-10(2,6-5-7-12)8-13-9-11(3,4)14/h13-14H,5-6,8-9H2,1-4H3. The second-order valence-corrected chi connectivity index (χ2v) is 5.24. The number of aliphatic hydroxyl groups is 1. The molecule has 2 N–H and O–H groups in total. The van der Waals surface area contributed by atoms with Crippen LogP contribution in [0.2, 0.25) is 0 Å². The fourth-order valence-corrected chi connectivity index (χ4v) is 1.19. The van der Waals surface area contributed by atoms with Crippen molar-refractivity contribution in [2.75, 3.05) is 13.1 Å². The fourth-order valence-electron chi connectivity index (χ4n) is 1.19. The smallest absolute Gasteiger partial charge is 0.0715 e. The Bertz CT molecular complexity index is 198. The summed E-state index contributed by atoms with van der Waals surface area (Å²) < 4.78 is 0. The Balaban J connectivity index is 3.72. The summed E-state index contributed by atoms with van der Waals surface area (Å²) in [5.74, 6) is 0. The molecule has 0 rings (SSSR count). The first-order valence-corrected chi connectivity index (χ1v) is 5.07. The van der Waals surface area contributed by atoms with Crippen LogP contribution in [0, 0.1) is 16.7 Å². The first kappa shape index (κ1) is 13.4. The topological polar surface area (TPSA) is 56.0 Å². The van der Waals surface area contributed by atoms with Crippen molar-refractivity contribution in [1.29, 1.82) is 5.26 Å². The lowest BCUT2D eigenvalue weighted by atomic mass is 9.88. The molecule has 0 saturated carbocycles. The maximum Gasteiger partial charge on any atom is 0.0715 e. The van der Waals surface area contributed by atoms with Crippen LogP contribution in [0.4, 0.5) is 0 Å². The van der Waals surface area contributed by atoms with Crippen LogP contribution >= 0.6 is 0 Å². The normalized spacial score (nSPS) is 12.6. The summed E-state index contributed by atoms with van der Waals surface area (Å²) in [5.41, 5.74) is -0.535. The van der Waals surface area contributed by atoms with Gasteiger partial charge in [-0.1, -0.05) is 13.8 Å². The maximum absolute atomic E-state index is 9.48. The van der Waals surface area contributed by atoms with Crippen molar-refractivity contribution < 1.29 is 5.11 Å². The van der Waals surface area contributed by atoms with Crippen molar-refractivity contribution >= 4 is 0 Å². The Labute approximate surface area is 87.1 Å². The van der Waals surface area contributed by atoms with Crippen molar-refractivity contribution in [3.63, 3.8) is 0 Å². The minimum absolute atomic E-state index is 0.126. The number of nitrogens with one attached hydrogen (secondary N) is 1. The highest BCUT2D eigenvalue weighted by Gasteiger charge is 2.19. The Morgan fingerprint density at radius 2 is 1.79 bits per heavy atom. The fraction of sp³-hybridized carbons (Fsp3) is 0.909. The van der Waals surface area contributed by atoms with Gasteiger partial charge in [-0.3, -0.25) is 0 Å². The van der Waals surface area contributed by atoms with Crippen LogP contribution in [0.25, 0.3) is 0 Å². The van der Waals surface area contributed by atoms with E-state index in [1.165, 1.54) is 0 Å². The van der Waals surface area contributed by atoms with E-state index in [9.17, 15) is 5.11 Å². The molecule has 82 valence electrons. The molecule has 0 radical (unpaired) electrons. The van der Waals surface area contributed by atoms with E-state index in [0.717, 1.165) is 13.0 Å². The van der Waals surface area contributed by atoms with Gasteiger partial charge in [0.1, 0.15) is 0 Å². The minimum atomic E-state index is -0.661. The predicted molar refractivity (Wildman–Crippen MR) is 57.8 cm³/mol. The third-order valence-corrected chi connectivity index (χ3v) is 2.07. The van der Waals surface area contributed by atoms with Gasteiger partial charge in [0.2, 0.25) is 0 Å². The second-order valence-electron chi connectivity index (χ2n) is 5.24. The van der Waals surface area contributed by atoms with Gasteiger partial charge in [0.05, 0.1) is 11.7 Å². The van der Waals surface area contributed by atoms with Crippen LogP contribution in [0.1, 0.15) is 40.5 Å². The molecular weight excluding hydrogens is 176 g/mol. The number of nitrogens with zero attached hydrogens (tertiary/aromatic N) is 1. The summed E-state index contributed by atoms with van der Waals surface area (Å²) >= 11 is 0. The van der Waals surface area contributed by atoms with Crippen LogP contribution in [-0.4, -0.2) is 23.8 Å². The molecule has 14 heavy (non-hydrogen) atoms. The SMILES string of the molecule is CC(C)(O)CNCC(C)(C)CCC#N. The summed E-state index contributed by atoms with van der Waals surface area (Å²) in [7, 11) is 0. The number of rotatable bonds is 6. The molecule has 0 aliphatic rings. The van der Waals surface area contributed by atoms with E-state index >= 15 is 0 Å². The van der Waals surface area contributed by atoms with Crippen LogP contribution in [0.15, 0.2) is 0 Å². The monoisotopic (exact) mass is 198 g/mol. The third-order valence-electron chi connectivity index (χ3n) is 2.07. The molecular formula is C11H22N2O. The Morgan fingerprint density at radius 3 is 2.21 bits per heavy atom. The molecule has 0 amide bonds. The number of nitriles is 1. The Morgan fingerprint density at radius 1 is 1.21 bits per heavy atom. The van der Waals surface area contributed by atoms with Gasteiger partial charge in [-0.25, -0.2) is 0 Å². The van der Waals surface area contributed by atoms with Gasteiger partial charge < -0.3 is 10.4 Å². The van der Waals surface area contributed by atoms with E-state index in [1.807, 2.05) is 0 Å². The Kier molecular flexibility index (Phi) is 5.11. The molecule has 0 atom stereocenters. The van der Waals surface area contributed by atoms with E-state index < -0.39 is 5.60 Å². The molecule has 0 unspecified atom stereocenters. The van der Waals surface area contributed by atoms with Crippen LogP contribution in [0.5, 0.6) is 0 Å². The van der Waals surface area contributed by atoms with Gasteiger partial charge in [-0.2, -0.15) is 5.26 Å². The van der Waals surface area contributed by atoms with E-state index in [2.05, 4.69) is 25.2 Å². The van der Waals surface area contributed by atoms with E-state index in [0.29, 0.717) is 13.0 Å². The van der Waals surface area contributed by atoms with Gasteiger partial charge in [0, 0.05) is 19.5 Å². The van der Waals surface area contributed by atoms with E-state index in [4.69, 9.17) is 5.26 Å². The first-order valence-electron chi connectivity index (χ1n) is 5.07. The molecule has 0 heterocycles. The lowest BCUT2D eigenvalue weighted by Gasteiger charge is -2.26. The van der Waals surface area contributed by atoms with Gasteiger partial charge >= 0.3 is 0 Å². The zero-order chi connectivity index (χ0) is 11.2. The zero-order valence-corrected chi connectivity index (χ0v) is 9.72. The van der Waals surface area contributed by atoms with Gasteiger partial charge in [-0.05, 0) is 25.7 Å². The van der Waals surface area contributed by atoms with Crippen molar-refractivity contribution in [1.82, 2.24) is 5.32 Å².